The molecule has 2 unspecified atom stereocenters. The van der Waals surface area contributed by atoms with Crippen molar-refractivity contribution < 1.29 is 28.7 Å². The lowest BCUT2D eigenvalue weighted by atomic mass is 9.62. The maximum atomic E-state index is 13.1. The molecule has 9 heteroatoms. The number of hydrogen-bond acceptors (Lipinski definition) is 7. The number of fused-ring (bicyclic) bond motifs is 2. The van der Waals surface area contributed by atoms with Crippen molar-refractivity contribution in [3.63, 3.8) is 0 Å². The second-order valence-corrected chi connectivity index (χ2v) is 10.6. The Labute approximate surface area is 198 Å². The van der Waals surface area contributed by atoms with Gasteiger partial charge in [0, 0.05) is 18.9 Å². The molecule has 2 heterocycles. The van der Waals surface area contributed by atoms with Crippen LogP contribution in [0.1, 0.15) is 85.9 Å². The fraction of sp³-hybridized carbons (Fsp3) is 0.625. The van der Waals surface area contributed by atoms with Crippen LogP contribution in [0.3, 0.4) is 0 Å². The molecule has 8 nitrogen and oxygen atoms in total. The first kappa shape index (κ1) is 25.1. The standard InChI is InChI=1S/C24H32N2O6S/c1-7-32-21(30)17-13(2)18(14(3)27)33-19(17)25-16(28)9-8-12-26-20(29)15-10-11-24(6,22(26)31)23(15,4)5/h15H,7-12H2,1-6H3,(H,25,28). The Balaban J connectivity index is 1.67. The first-order valence-corrected chi connectivity index (χ1v) is 12.2. The highest BCUT2D eigenvalue weighted by Gasteiger charge is 2.64. The van der Waals surface area contributed by atoms with Crippen molar-refractivity contribution in [1.82, 2.24) is 4.90 Å². The number of nitrogens with zero attached hydrogens (tertiary/aromatic N) is 1. The van der Waals surface area contributed by atoms with Gasteiger partial charge in [0.05, 0.1) is 22.5 Å². The molecule has 33 heavy (non-hydrogen) atoms. The molecule has 3 rings (SSSR count). The lowest BCUT2D eigenvalue weighted by Gasteiger charge is -2.47. The van der Waals surface area contributed by atoms with E-state index in [0.29, 0.717) is 29.7 Å². The van der Waals surface area contributed by atoms with E-state index in [2.05, 4.69) is 5.32 Å². The molecule has 1 N–H and O–H groups in total. The topological polar surface area (TPSA) is 110 Å². The second kappa shape index (κ2) is 9.00. The number of nitrogens with one attached hydrogen (secondary N) is 1. The van der Waals surface area contributed by atoms with Crippen molar-refractivity contribution in [2.45, 2.75) is 67.2 Å². The molecule has 2 fully saturated rings. The van der Waals surface area contributed by atoms with Gasteiger partial charge < -0.3 is 10.1 Å². The number of ketones is 1. The number of imide groups is 1. The number of rotatable bonds is 8. The molecular formula is C24H32N2O6S. The molecule has 180 valence electrons. The summed E-state index contributed by atoms with van der Waals surface area (Å²) in [5.74, 6) is -1.63. The van der Waals surface area contributed by atoms with E-state index >= 15 is 0 Å². The Hall–Kier alpha value is -2.55. The van der Waals surface area contributed by atoms with Gasteiger partial charge in [0.25, 0.3) is 0 Å². The van der Waals surface area contributed by atoms with Gasteiger partial charge in [0.15, 0.2) is 5.78 Å². The van der Waals surface area contributed by atoms with E-state index in [1.807, 2.05) is 20.8 Å². The van der Waals surface area contributed by atoms with Gasteiger partial charge in [-0.3, -0.25) is 24.1 Å². The normalized spacial score (nSPS) is 23.6. The minimum atomic E-state index is -0.593. The monoisotopic (exact) mass is 476 g/mol. The number of Topliss-reactive ketones (excluding diaryl/α,β-unsaturated/α-hetero) is 1. The number of likely N-dealkylation sites (tertiary alicyclic amines) is 1. The zero-order chi connectivity index (χ0) is 24.7. The maximum absolute atomic E-state index is 13.1. The van der Waals surface area contributed by atoms with Gasteiger partial charge in [-0.2, -0.15) is 0 Å². The lowest BCUT2D eigenvalue weighted by molar-refractivity contribution is -0.168. The van der Waals surface area contributed by atoms with Gasteiger partial charge in [0.1, 0.15) is 5.00 Å². The molecule has 2 aliphatic rings. The first-order chi connectivity index (χ1) is 15.4. The summed E-state index contributed by atoms with van der Waals surface area (Å²) in [7, 11) is 0. The molecule has 1 aliphatic heterocycles. The van der Waals surface area contributed by atoms with Crippen LogP contribution in [0.25, 0.3) is 0 Å². The van der Waals surface area contributed by atoms with Crippen LogP contribution in [0.15, 0.2) is 0 Å². The third-order valence-electron chi connectivity index (χ3n) is 7.49. The highest BCUT2D eigenvalue weighted by atomic mass is 32.1. The number of piperidine rings is 1. The van der Waals surface area contributed by atoms with Gasteiger partial charge in [-0.05, 0) is 51.0 Å². The summed E-state index contributed by atoms with van der Waals surface area (Å²) in [6.07, 6.45) is 1.78. The fourth-order valence-electron chi connectivity index (χ4n) is 5.09. The molecule has 0 aromatic carbocycles. The van der Waals surface area contributed by atoms with Crippen LogP contribution in [0.2, 0.25) is 0 Å². The van der Waals surface area contributed by atoms with Crippen molar-refractivity contribution in [2.24, 2.45) is 16.7 Å². The number of carbonyl (C=O) groups excluding carboxylic acids is 5. The third-order valence-corrected chi connectivity index (χ3v) is 8.80. The number of anilines is 1. The summed E-state index contributed by atoms with van der Waals surface area (Å²) in [5.41, 5.74) is -0.269. The third kappa shape index (κ3) is 4.11. The predicted octanol–water partition coefficient (Wildman–Crippen LogP) is 3.97. The van der Waals surface area contributed by atoms with Gasteiger partial charge in [-0.15, -0.1) is 11.3 Å². The van der Waals surface area contributed by atoms with Crippen molar-refractivity contribution in [3.05, 3.63) is 16.0 Å². The number of amides is 3. The summed E-state index contributed by atoms with van der Waals surface area (Å²) in [6, 6.07) is 0. The molecule has 0 radical (unpaired) electrons. The second-order valence-electron chi connectivity index (χ2n) is 9.63. The summed E-state index contributed by atoms with van der Waals surface area (Å²) in [4.78, 5) is 64.7. The van der Waals surface area contributed by atoms with Crippen LogP contribution >= 0.6 is 11.3 Å². The molecular weight excluding hydrogens is 444 g/mol. The van der Waals surface area contributed by atoms with Crippen molar-refractivity contribution in [2.75, 3.05) is 18.5 Å². The first-order valence-electron chi connectivity index (χ1n) is 11.3. The quantitative estimate of drug-likeness (QED) is 0.345. The van der Waals surface area contributed by atoms with E-state index < -0.39 is 11.4 Å². The number of ether oxygens (including phenoxy) is 1. The van der Waals surface area contributed by atoms with Crippen LogP contribution in [0.4, 0.5) is 5.00 Å². The van der Waals surface area contributed by atoms with Crippen molar-refractivity contribution in [1.29, 1.82) is 0 Å². The smallest absolute Gasteiger partial charge is 0.341 e. The highest BCUT2D eigenvalue weighted by molar-refractivity contribution is 7.18. The highest BCUT2D eigenvalue weighted by Crippen LogP contribution is 2.60. The molecule has 2 atom stereocenters. The number of thiophene rings is 1. The van der Waals surface area contributed by atoms with E-state index in [0.717, 1.165) is 11.3 Å². The minimum Gasteiger partial charge on any atom is -0.462 e. The fourth-order valence-corrected chi connectivity index (χ4v) is 6.19. The molecule has 1 saturated heterocycles. The van der Waals surface area contributed by atoms with E-state index in [9.17, 15) is 24.0 Å². The lowest BCUT2D eigenvalue weighted by Crippen LogP contribution is -2.59. The predicted molar refractivity (Wildman–Crippen MR) is 124 cm³/mol. The molecule has 1 aromatic heterocycles. The Morgan fingerprint density at radius 3 is 2.48 bits per heavy atom. The van der Waals surface area contributed by atoms with Crippen LogP contribution in [-0.2, 0) is 19.1 Å². The average molecular weight is 477 g/mol. The molecule has 1 aliphatic carbocycles. The van der Waals surface area contributed by atoms with E-state index in [-0.39, 0.29) is 65.0 Å². The summed E-state index contributed by atoms with van der Waals surface area (Å²) >= 11 is 1.05. The zero-order valence-corrected chi connectivity index (χ0v) is 20.9. The van der Waals surface area contributed by atoms with Crippen LogP contribution in [-0.4, -0.2) is 47.5 Å². The SMILES string of the molecule is CCOC(=O)c1c(NC(=O)CCCN2C(=O)C3CCC(C)(C2=O)C3(C)C)sc(C(C)=O)c1C. The number of esters is 1. The summed E-state index contributed by atoms with van der Waals surface area (Å²) < 4.78 is 5.08. The van der Waals surface area contributed by atoms with Crippen molar-refractivity contribution in [3.8, 4) is 0 Å². The molecule has 0 spiro atoms. The van der Waals surface area contributed by atoms with Gasteiger partial charge in [-0.25, -0.2) is 4.79 Å². The van der Waals surface area contributed by atoms with Gasteiger partial charge >= 0.3 is 5.97 Å². The maximum Gasteiger partial charge on any atom is 0.341 e. The van der Waals surface area contributed by atoms with E-state index in [4.69, 9.17) is 4.74 Å². The zero-order valence-electron chi connectivity index (χ0n) is 20.1. The summed E-state index contributed by atoms with van der Waals surface area (Å²) in [5, 5.41) is 2.99. The van der Waals surface area contributed by atoms with Gasteiger partial charge in [0.2, 0.25) is 17.7 Å². The Kier molecular flexibility index (Phi) is 6.84. The minimum absolute atomic E-state index is 0.0659. The number of hydrogen-bond donors (Lipinski definition) is 1. The molecule has 1 saturated carbocycles. The Morgan fingerprint density at radius 1 is 1.21 bits per heavy atom. The van der Waals surface area contributed by atoms with Crippen LogP contribution in [0, 0.1) is 23.7 Å². The van der Waals surface area contributed by atoms with Gasteiger partial charge in [-0.1, -0.05) is 20.8 Å². The molecule has 1 aromatic rings. The Bertz CT molecular complexity index is 1030. The average Bonchev–Trinajstić information content (AvgIpc) is 3.14. The van der Waals surface area contributed by atoms with E-state index in [1.54, 1.807) is 13.8 Å². The van der Waals surface area contributed by atoms with Crippen molar-refractivity contribution >= 4 is 45.8 Å². The van der Waals surface area contributed by atoms with Crippen LogP contribution < -0.4 is 5.32 Å². The largest absolute Gasteiger partial charge is 0.462 e. The number of carbonyl (C=O) groups is 5. The van der Waals surface area contributed by atoms with Crippen LogP contribution in [0.5, 0.6) is 0 Å². The molecule has 2 bridgehead atoms. The van der Waals surface area contributed by atoms with E-state index in [1.165, 1.54) is 11.8 Å². The Morgan fingerprint density at radius 2 is 1.88 bits per heavy atom. The summed E-state index contributed by atoms with van der Waals surface area (Å²) in [6.45, 7) is 11.0. The molecule has 3 amide bonds.